The molecule has 1 aliphatic rings. The molecule has 0 radical (unpaired) electrons. The molecular weight excluding hydrogens is 265 g/mol. The number of alkyl halides is 2. The van der Waals surface area contributed by atoms with Crippen LogP contribution >= 0.6 is 0 Å². The summed E-state index contributed by atoms with van der Waals surface area (Å²) in [5, 5.41) is 0. The molecule has 2 rings (SSSR count). The predicted molar refractivity (Wildman–Crippen MR) is 57.8 cm³/mol. The number of carbonyl (C=O) groups excluding carboxylic acids is 1. The van der Waals surface area contributed by atoms with Crippen molar-refractivity contribution in [2.24, 2.45) is 0 Å². The van der Waals surface area contributed by atoms with Crippen molar-refractivity contribution < 1.29 is 32.2 Å². The topological polar surface area (TPSA) is 44.8 Å². The van der Waals surface area contributed by atoms with E-state index < -0.39 is 30.1 Å². The lowest BCUT2D eigenvalue weighted by Crippen LogP contribution is -2.26. The average Bonchev–Trinajstić information content (AvgIpc) is 2.27. The molecule has 1 saturated carbocycles. The number of hydrogen-bond donors (Lipinski definition) is 0. The molecule has 0 amide bonds. The van der Waals surface area contributed by atoms with Crippen LogP contribution in [-0.2, 0) is 4.74 Å². The van der Waals surface area contributed by atoms with Crippen LogP contribution in [-0.4, -0.2) is 18.9 Å². The Labute approximate surface area is 107 Å². The summed E-state index contributed by atoms with van der Waals surface area (Å²) in [6.45, 7) is -3.10. The first-order valence-corrected chi connectivity index (χ1v) is 5.67. The lowest BCUT2D eigenvalue weighted by Gasteiger charge is -2.24. The molecule has 0 unspecified atom stereocenters. The second-order valence-electron chi connectivity index (χ2n) is 3.99. The summed E-state index contributed by atoms with van der Waals surface area (Å²) >= 11 is 0. The summed E-state index contributed by atoms with van der Waals surface area (Å²) in [6, 6.07) is 2.65. The molecule has 19 heavy (non-hydrogen) atoms. The van der Waals surface area contributed by atoms with E-state index in [1.54, 1.807) is 0 Å². The molecule has 0 heterocycles. The normalized spacial score (nSPS) is 14.9. The lowest BCUT2D eigenvalue weighted by atomic mass is 9.96. The highest BCUT2D eigenvalue weighted by Crippen LogP contribution is 2.30. The molecule has 0 bridgehead atoms. The Hall–Kier alpha value is -1.92. The summed E-state index contributed by atoms with van der Waals surface area (Å²) < 4.78 is 50.9. The van der Waals surface area contributed by atoms with Crippen molar-refractivity contribution >= 4 is 6.16 Å². The van der Waals surface area contributed by atoms with E-state index in [0.29, 0.717) is 0 Å². The standard InChI is InChI=1S/C12H11F3O4/c13-7-4-5-9(18-11(14)15)10(6-7)19-12(16)17-8-2-1-3-8/h4-6,8,11H,1-3H2. The van der Waals surface area contributed by atoms with Crippen LogP contribution in [0.25, 0.3) is 0 Å². The third kappa shape index (κ3) is 3.77. The molecule has 1 aliphatic carbocycles. The molecule has 104 valence electrons. The largest absolute Gasteiger partial charge is 0.514 e. The number of rotatable bonds is 4. The van der Waals surface area contributed by atoms with E-state index in [2.05, 4.69) is 9.47 Å². The Morgan fingerprint density at radius 3 is 2.58 bits per heavy atom. The quantitative estimate of drug-likeness (QED) is 0.623. The van der Waals surface area contributed by atoms with Crippen molar-refractivity contribution in [1.82, 2.24) is 0 Å². The van der Waals surface area contributed by atoms with Gasteiger partial charge < -0.3 is 14.2 Å². The minimum Gasteiger partial charge on any atom is -0.431 e. The minimum absolute atomic E-state index is 0.222. The summed E-state index contributed by atoms with van der Waals surface area (Å²) in [5.41, 5.74) is 0. The molecule has 0 spiro atoms. The van der Waals surface area contributed by atoms with E-state index >= 15 is 0 Å². The lowest BCUT2D eigenvalue weighted by molar-refractivity contribution is -0.0520. The van der Waals surface area contributed by atoms with Gasteiger partial charge in [-0.15, -0.1) is 0 Å². The third-order valence-corrected chi connectivity index (χ3v) is 2.63. The highest BCUT2D eigenvalue weighted by molar-refractivity contribution is 5.65. The van der Waals surface area contributed by atoms with E-state index in [9.17, 15) is 18.0 Å². The maximum Gasteiger partial charge on any atom is 0.514 e. The molecule has 1 aromatic rings. The third-order valence-electron chi connectivity index (χ3n) is 2.63. The molecule has 1 fully saturated rings. The number of carbonyl (C=O) groups is 1. The molecule has 1 aromatic carbocycles. The Bertz CT molecular complexity index is 460. The van der Waals surface area contributed by atoms with Gasteiger partial charge in [0, 0.05) is 6.07 Å². The van der Waals surface area contributed by atoms with E-state index in [0.717, 1.165) is 37.5 Å². The van der Waals surface area contributed by atoms with Crippen LogP contribution in [0.5, 0.6) is 11.5 Å². The van der Waals surface area contributed by atoms with Gasteiger partial charge in [-0.2, -0.15) is 8.78 Å². The molecule has 0 aromatic heterocycles. The van der Waals surface area contributed by atoms with E-state index in [1.807, 2.05) is 0 Å². The van der Waals surface area contributed by atoms with Gasteiger partial charge in [-0.25, -0.2) is 9.18 Å². The van der Waals surface area contributed by atoms with E-state index in [-0.39, 0.29) is 6.10 Å². The van der Waals surface area contributed by atoms with Gasteiger partial charge in [-0.05, 0) is 31.4 Å². The highest BCUT2D eigenvalue weighted by atomic mass is 19.3. The fraction of sp³-hybridized carbons (Fsp3) is 0.417. The van der Waals surface area contributed by atoms with Gasteiger partial charge in [0.25, 0.3) is 0 Å². The second-order valence-corrected chi connectivity index (χ2v) is 3.99. The van der Waals surface area contributed by atoms with Crippen LogP contribution in [0.15, 0.2) is 18.2 Å². The van der Waals surface area contributed by atoms with Crippen LogP contribution in [0.2, 0.25) is 0 Å². The van der Waals surface area contributed by atoms with Gasteiger partial charge in [0.15, 0.2) is 11.5 Å². The van der Waals surface area contributed by atoms with Crippen molar-refractivity contribution in [3.63, 3.8) is 0 Å². The Kier molecular flexibility index (Phi) is 4.13. The molecular formula is C12H11F3O4. The number of hydrogen-bond acceptors (Lipinski definition) is 4. The zero-order valence-corrected chi connectivity index (χ0v) is 9.77. The summed E-state index contributed by atoms with van der Waals surface area (Å²) in [5.74, 6) is -1.61. The van der Waals surface area contributed by atoms with Gasteiger partial charge >= 0.3 is 12.8 Å². The molecule has 7 heteroatoms. The molecule has 0 atom stereocenters. The summed E-state index contributed by atoms with van der Waals surface area (Å²) in [4.78, 5) is 11.4. The van der Waals surface area contributed by atoms with Crippen LogP contribution in [0.3, 0.4) is 0 Å². The highest BCUT2D eigenvalue weighted by Gasteiger charge is 2.24. The SMILES string of the molecule is O=C(Oc1cc(F)ccc1OC(F)F)OC1CCC1. The van der Waals surface area contributed by atoms with E-state index in [4.69, 9.17) is 4.74 Å². The van der Waals surface area contributed by atoms with Crippen LogP contribution in [0.1, 0.15) is 19.3 Å². The molecule has 0 saturated heterocycles. The fourth-order valence-electron chi connectivity index (χ4n) is 1.49. The van der Waals surface area contributed by atoms with Gasteiger partial charge in [0.1, 0.15) is 11.9 Å². The van der Waals surface area contributed by atoms with Gasteiger partial charge in [0.05, 0.1) is 0 Å². The first-order chi connectivity index (χ1) is 9.04. The Morgan fingerprint density at radius 1 is 1.26 bits per heavy atom. The maximum atomic E-state index is 13.0. The zero-order valence-electron chi connectivity index (χ0n) is 9.77. The summed E-state index contributed by atoms with van der Waals surface area (Å²) in [7, 11) is 0. The fourth-order valence-corrected chi connectivity index (χ4v) is 1.49. The van der Waals surface area contributed by atoms with Gasteiger partial charge in [-0.1, -0.05) is 0 Å². The van der Waals surface area contributed by atoms with Crippen molar-refractivity contribution in [3.05, 3.63) is 24.0 Å². The zero-order chi connectivity index (χ0) is 13.8. The predicted octanol–water partition coefficient (Wildman–Crippen LogP) is 3.50. The monoisotopic (exact) mass is 276 g/mol. The Balaban J connectivity index is 2.03. The first kappa shape index (κ1) is 13.5. The van der Waals surface area contributed by atoms with Crippen molar-refractivity contribution in [1.29, 1.82) is 0 Å². The molecule has 4 nitrogen and oxygen atoms in total. The molecule has 0 aliphatic heterocycles. The van der Waals surface area contributed by atoms with Crippen molar-refractivity contribution in [3.8, 4) is 11.5 Å². The summed E-state index contributed by atoms with van der Waals surface area (Å²) in [6.07, 6.45) is 1.14. The van der Waals surface area contributed by atoms with Crippen LogP contribution in [0, 0.1) is 5.82 Å². The van der Waals surface area contributed by atoms with E-state index in [1.165, 1.54) is 0 Å². The Morgan fingerprint density at radius 2 is 2.00 bits per heavy atom. The minimum atomic E-state index is -3.10. The van der Waals surface area contributed by atoms with Crippen LogP contribution in [0.4, 0.5) is 18.0 Å². The van der Waals surface area contributed by atoms with Gasteiger partial charge in [-0.3, -0.25) is 0 Å². The maximum absolute atomic E-state index is 13.0. The number of halogens is 3. The van der Waals surface area contributed by atoms with Crippen molar-refractivity contribution in [2.45, 2.75) is 32.0 Å². The first-order valence-electron chi connectivity index (χ1n) is 5.67. The van der Waals surface area contributed by atoms with Crippen LogP contribution < -0.4 is 9.47 Å². The molecule has 0 N–H and O–H groups in total. The number of ether oxygens (including phenoxy) is 3. The average molecular weight is 276 g/mol. The smallest absolute Gasteiger partial charge is 0.431 e. The second kappa shape index (κ2) is 5.81. The number of benzene rings is 1. The van der Waals surface area contributed by atoms with Crippen molar-refractivity contribution in [2.75, 3.05) is 0 Å². The van der Waals surface area contributed by atoms with Gasteiger partial charge in [0.2, 0.25) is 0 Å².